The van der Waals surface area contributed by atoms with Crippen molar-refractivity contribution in [3.63, 3.8) is 0 Å². The van der Waals surface area contributed by atoms with Crippen LogP contribution in [0.1, 0.15) is 30.5 Å². The van der Waals surface area contributed by atoms with Crippen molar-refractivity contribution in [3.05, 3.63) is 48.0 Å². The van der Waals surface area contributed by atoms with Gasteiger partial charge >= 0.3 is 0 Å². The second-order valence-electron chi connectivity index (χ2n) is 3.65. The molecule has 0 heterocycles. The Hall–Kier alpha value is -1.30. The summed E-state index contributed by atoms with van der Waals surface area (Å²) in [7, 11) is 0. The van der Waals surface area contributed by atoms with Crippen LogP contribution in [0, 0.1) is 6.92 Å². The molecule has 0 amide bonds. The standard InChI is InChI=1S/C13H16/c1-9(2)12-6-11(5)7-13(8-12)10(3)4/h6-8H,1,3H2,2,4-5H3. The molecule has 0 saturated heterocycles. The van der Waals surface area contributed by atoms with Gasteiger partial charge in [-0.15, -0.1) is 0 Å². The summed E-state index contributed by atoms with van der Waals surface area (Å²) in [6.07, 6.45) is 0. The Kier molecular flexibility index (Phi) is 2.72. The fourth-order valence-corrected chi connectivity index (χ4v) is 1.28. The number of aryl methyl sites for hydroxylation is 1. The Balaban J connectivity index is 3.26. The van der Waals surface area contributed by atoms with Crippen LogP contribution >= 0.6 is 0 Å². The minimum Gasteiger partial charge on any atom is -0.0955 e. The summed E-state index contributed by atoms with van der Waals surface area (Å²) in [6, 6.07) is 6.43. The van der Waals surface area contributed by atoms with Crippen LogP contribution in [0.3, 0.4) is 0 Å². The zero-order valence-electron chi connectivity index (χ0n) is 8.65. The van der Waals surface area contributed by atoms with E-state index in [1.807, 2.05) is 13.8 Å². The molecule has 0 aliphatic carbocycles. The highest BCUT2D eigenvalue weighted by Crippen LogP contribution is 2.20. The van der Waals surface area contributed by atoms with Gasteiger partial charge in [-0.2, -0.15) is 0 Å². The summed E-state index contributed by atoms with van der Waals surface area (Å²) >= 11 is 0. The highest BCUT2D eigenvalue weighted by molar-refractivity contribution is 5.69. The first-order chi connectivity index (χ1) is 6.00. The Morgan fingerprint density at radius 1 is 0.923 bits per heavy atom. The van der Waals surface area contributed by atoms with Crippen LogP contribution in [-0.4, -0.2) is 0 Å². The van der Waals surface area contributed by atoms with Crippen molar-refractivity contribution < 1.29 is 0 Å². The lowest BCUT2D eigenvalue weighted by Crippen LogP contribution is -1.85. The fourth-order valence-electron chi connectivity index (χ4n) is 1.28. The molecule has 0 radical (unpaired) electrons. The highest BCUT2D eigenvalue weighted by Gasteiger charge is 1.99. The number of hydrogen-bond donors (Lipinski definition) is 0. The molecular weight excluding hydrogens is 156 g/mol. The predicted molar refractivity (Wildman–Crippen MR) is 60.6 cm³/mol. The Morgan fingerprint density at radius 3 is 1.62 bits per heavy atom. The molecule has 1 aromatic rings. The average molecular weight is 172 g/mol. The number of rotatable bonds is 2. The maximum Gasteiger partial charge on any atom is -0.0225 e. The monoisotopic (exact) mass is 172 g/mol. The Labute approximate surface area is 80.6 Å². The summed E-state index contributed by atoms with van der Waals surface area (Å²) < 4.78 is 0. The van der Waals surface area contributed by atoms with Gasteiger partial charge in [-0.3, -0.25) is 0 Å². The lowest BCUT2D eigenvalue weighted by molar-refractivity contribution is 1.41. The van der Waals surface area contributed by atoms with Gasteiger partial charge in [-0.25, -0.2) is 0 Å². The molecule has 0 spiro atoms. The molecule has 0 bridgehead atoms. The summed E-state index contributed by atoms with van der Waals surface area (Å²) in [5.41, 5.74) is 5.88. The Bertz CT molecular complexity index is 324. The molecule has 0 N–H and O–H groups in total. The van der Waals surface area contributed by atoms with Gasteiger partial charge in [0.2, 0.25) is 0 Å². The first-order valence-corrected chi connectivity index (χ1v) is 4.44. The van der Waals surface area contributed by atoms with E-state index >= 15 is 0 Å². The molecule has 68 valence electrons. The third-order valence-corrected chi connectivity index (χ3v) is 2.06. The zero-order chi connectivity index (χ0) is 10.0. The van der Waals surface area contributed by atoms with E-state index in [4.69, 9.17) is 0 Å². The molecule has 13 heavy (non-hydrogen) atoms. The second-order valence-corrected chi connectivity index (χ2v) is 3.65. The fraction of sp³-hybridized carbons (Fsp3) is 0.231. The predicted octanol–water partition coefficient (Wildman–Crippen LogP) is 4.06. The molecule has 0 unspecified atom stereocenters. The van der Waals surface area contributed by atoms with Crippen LogP contribution in [0.4, 0.5) is 0 Å². The van der Waals surface area contributed by atoms with Gasteiger partial charge in [0.1, 0.15) is 0 Å². The van der Waals surface area contributed by atoms with Gasteiger partial charge in [0, 0.05) is 0 Å². The molecular formula is C13H16. The second kappa shape index (κ2) is 3.61. The third-order valence-electron chi connectivity index (χ3n) is 2.06. The van der Waals surface area contributed by atoms with E-state index in [-0.39, 0.29) is 0 Å². The molecule has 1 rings (SSSR count). The minimum absolute atomic E-state index is 1.10. The van der Waals surface area contributed by atoms with E-state index in [9.17, 15) is 0 Å². The van der Waals surface area contributed by atoms with Gasteiger partial charge in [0.05, 0.1) is 0 Å². The Morgan fingerprint density at radius 2 is 1.31 bits per heavy atom. The molecule has 0 aromatic heterocycles. The molecule has 0 saturated carbocycles. The van der Waals surface area contributed by atoms with Crippen molar-refractivity contribution in [1.82, 2.24) is 0 Å². The first-order valence-electron chi connectivity index (χ1n) is 4.44. The van der Waals surface area contributed by atoms with Gasteiger partial charge in [-0.05, 0) is 43.5 Å². The summed E-state index contributed by atoms with van der Waals surface area (Å²) in [4.78, 5) is 0. The lowest BCUT2D eigenvalue weighted by Gasteiger charge is -2.06. The summed E-state index contributed by atoms with van der Waals surface area (Å²) in [5.74, 6) is 0. The van der Waals surface area contributed by atoms with E-state index in [2.05, 4.69) is 38.3 Å². The van der Waals surface area contributed by atoms with Crippen molar-refractivity contribution >= 4 is 11.1 Å². The minimum atomic E-state index is 1.10. The average Bonchev–Trinajstić information content (AvgIpc) is 2.03. The largest absolute Gasteiger partial charge is 0.0955 e. The van der Waals surface area contributed by atoms with E-state index in [0.717, 1.165) is 11.1 Å². The van der Waals surface area contributed by atoms with E-state index in [1.54, 1.807) is 0 Å². The van der Waals surface area contributed by atoms with Gasteiger partial charge in [0.25, 0.3) is 0 Å². The van der Waals surface area contributed by atoms with Crippen molar-refractivity contribution in [2.45, 2.75) is 20.8 Å². The first kappa shape index (κ1) is 9.79. The molecule has 0 atom stereocenters. The third kappa shape index (κ3) is 2.32. The quantitative estimate of drug-likeness (QED) is 0.631. The van der Waals surface area contributed by atoms with Crippen molar-refractivity contribution in [3.8, 4) is 0 Å². The maximum atomic E-state index is 3.94. The SMILES string of the molecule is C=C(C)c1cc(C)cc(C(=C)C)c1. The van der Waals surface area contributed by atoms with E-state index in [1.165, 1.54) is 16.7 Å². The number of benzene rings is 1. The zero-order valence-corrected chi connectivity index (χ0v) is 8.65. The molecule has 0 aliphatic rings. The molecule has 0 fully saturated rings. The van der Waals surface area contributed by atoms with Crippen molar-refractivity contribution in [1.29, 1.82) is 0 Å². The van der Waals surface area contributed by atoms with E-state index in [0.29, 0.717) is 0 Å². The van der Waals surface area contributed by atoms with Crippen molar-refractivity contribution in [2.24, 2.45) is 0 Å². The van der Waals surface area contributed by atoms with E-state index < -0.39 is 0 Å². The normalized spacial score (nSPS) is 9.77. The van der Waals surface area contributed by atoms with Crippen LogP contribution in [0.5, 0.6) is 0 Å². The maximum absolute atomic E-state index is 3.94. The van der Waals surface area contributed by atoms with Crippen LogP contribution in [0.2, 0.25) is 0 Å². The topological polar surface area (TPSA) is 0 Å². The smallest absolute Gasteiger partial charge is 0.0225 e. The highest BCUT2D eigenvalue weighted by atomic mass is 14.0. The van der Waals surface area contributed by atoms with Crippen LogP contribution in [-0.2, 0) is 0 Å². The molecule has 0 nitrogen and oxygen atoms in total. The van der Waals surface area contributed by atoms with Crippen LogP contribution < -0.4 is 0 Å². The summed E-state index contributed by atoms with van der Waals surface area (Å²) in [6.45, 7) is 14.0. The van der Waals surface area contributed by atoms with Gasteiger partial charge in [0.15, 0.2) is 0 Å². The lowest BCUT2D eigenvalue weighted by atomic mass is 9.99. The number of allylic oxidation sites excluding steroid dienone is 2. The molecule has 1 aromatic carbocycles. The number of hydrogen-bond acceptors (Lipinski definition) is 0. The van der Waals surface area contributed by atoms with Crippen LogP contribution in [0.15, 0.2) is 31.4 Å². The summed E-state index contributed by atoms with van der Waals surface area (Å²) in [5, 5.41) is 0. The van der Waals surface area contributed by atoms with Gasteiger partial charge in [-0.1, -0.05) is 36.4 Å². The molecule has 0 aliphatic heterocycles. The van der Waals surface area contributed by atoms with Gasteiger partial charge < -0.3 is 0 Å². The molecule has 0 heteroatoms. The van der Waals surface area contributed by atoms with Crippen molar-refractivity contribution in [2.75, 3.05) is 0 Å². The van der Waals surface area contributed by atoms with Crippen LogP contribution in [0.25, 0.3) is 11.1 Å².